The number of carbonyl (C=O) groups excluding carboxylic acids is 1. The molecule has 0 spiro atoms. The van der Waals surface area contributed by atoms with Crippen LogP contribution in [0.2, 0.25) is 0 Å². The molecule has 108 valence electrons. The summed E-state index contributed by atoms with van der Waals surface area (Å²) in [6, 6.07) is 0.330. The Kier molecular flexibility index (Phi) is 4.80. The molecule has 1 aliphatic heterocycles. The van der Waals surface area contributed by atoms with E-state index in [2.05, 4.69) is 5.32 Å². The summed E-state index contributed by atoms with van der Waals surface area (Å²) in [4.78, 5) is 24.9. The lowest BCUT2D eigenvalue weighted by Crippen LogP contribution is -2.42. The zero-order valence-corrected chi connectivity index (χ0v) is 11.6. The minimum absolute atomic E-state index is 0.0464. The highest BCUT2D eigenvalue weighted by atomic mass is 16.4. The number of carboxylic acids is 1. The van der Waals surface area contributed by atoms with Crippen molar-refractivity contribution in [1.82, 2.24) is 10.2 Å². The van der Waals surface area contributed by atoms with Crippen LogP contribution in [0.25, 0.3) is 0 Å². The Labute approximate surface area is 114 Å². The fourth-order valence-corrected chi connectivity index (χ4v) is 3.24. The fraction of sp³-hybridized carbons (Fsp3) is 0.857. The largest absolute Gasteiger partial charge is 0.481 e. The first-order chi connectivity index (χ1) is 9.06. The molecular formula is C14H24N2O3. The Morgan fingerprint density at radius 3 is 2.47 bits per heavy atom. The van der Waals surface area contributed by atoms with Crippen molar-refractivity contribution in [1.29, 1.82) is 0 Å². The summed E-state index contributed by atoms with van der Waals surface area (Å²) < 4.78 is 0. The number of hydrogen-bond donors (Lipinski definition) is 2. The van der Waals surface area contributed by atoms with Gasteiger partial charge in [-0.3, -0.25) is 14.5 Å². The van der Waals surface area contributed by atoms with Crippen LogP contribution in [0, 0.1) is 11.8 Å². The van der Waals surface area contributed by atoms with Gasteiger partial charge in [0.1, 0.15) is 0 Å². The van der Waals surface area contributed by atoms with E-state index in [1.807, 2.05) is 11.8 Å². The molecule has 2 rings (SSSR count). The van der Waals surface area contributed by atoms with Crippen molar-refractivity contribution in [3.63, 3.8) is 0 Å². The van der Waals surface area contributed by atoms with Crippen molar-refractivity contribution < 1.29 is 14.7 Å². The van der Waals surface area contributed by atoms with Crippen molar-refractivity contribution in [2.24, 2.45) is 11.8 Å². The summed E-state index contributed by atoms with van der Waals surface area (Å²) in [7, 11) is 0. The lowest BCUT2D eigenvalue weighted by molar-refractivity contribution is -0.142. The second kappa shape index (κ2) is 6.37. The minimum Gasteiger partial charge on any atom is -0.481 e. The van der Waals surface area contributed by atoms with E-state index in [-0.39, 0.29) is 17.7 Å². The monoisotopic (exact) mass is 268 g/mol. The molecule has 2 fully saturated rings. The summed E-state index contributed by atoms with van der Waals surface area (Å²) in [5.74, 6) is -0.907. The standard InChI is InChI=1S/C14H24N2O3/c1-10-7-16(8-12(10)14(18)19)9-13(17)15-11-5-3-2-4-6-11/h10-12H,2-9H2,1H3,(H,15,17)(H,18,19). The zero-order chi connectivity index (χ0) is 13.8. The average Bonchev–Trinajstić information content (AvgIpc) is 2.71. The second-order valence-electron chi connectivity index (χ2n) is 6.02. The number of likely N-dealkylation sites (tertiary alicyclic amines) is 1. The first-order valence-electron chi connectivity index (χ1n) is 7.31. The Hall–Kier alpha value is -1.10. The normalized spacial score (nSPS) is 29.3. The number of amides is 1. The van der Waals surface area contributed by atoms with Crippen LogP contribution in [0.4, 0.5) is 0 Å². The van der Waals surface area contributed by atoms with Gasteiger partial charge in [0, 0.05) is 19.1 Å². The third-order valence-electron chi connectivity index (χ3n) is 4.34. The highest BCUT2D eigenvalue weighted by Gasteiger charge is 2.35. The molecular weight excluding hydrogens is 244 g/mol. The molecule has 0 aromatic carbocycles. The minimum atomic E-state index is -0.748. The van der Waals surface area contributed by atoms with Crippen LogP contribution in [-0.2, 0) is 9.59 Å². The van der Waals surface area contributed by atoms with Gasteiger partial charge in [0.05, 0.1) is 12.5 Å². The smallest absolute Gasteiger partial charge is 0.308 e. The maximum atomic E-state index is 12.0. The summed E-state index contributed by atoms with van der Waals surface area (Å²) in [5.41, 5.74) is 0. The van der Waals surface area contributed by atoms with Crippen molar-refractivity contribution in [3.05, 3.63) is 0 Å². The first-order valence-corrected chi connectivity index (χ1v) is 7.31. The van der Waals surface area contributed by atoms with Gasteiger partial charge < -0.3 is 10.4 Å². The van der Waals surface area contributed by atoms with Gasteiger partial charge in [0.2, 0.25) is 5.91 Å². The Morgan fingerprint density at radius 1 is 1.21 bits per heavy atom. The topological polar surface area (TPSA) is 69.6 Å². The highest BCUT2D eigenvalue weighted by Crippen LogP contribution is 2.23. The van der Waals surface area contributed by atoms with Crippen LogP contribution < -0.4 is 5.32 Å². The molecule has 1 aliphatic carbocycles. The van der Waals surface area contributed by atoms with E-state index in [0.717, 1.165) is 12.8 Å². The molecule has 1 heterocycles. The molecule has 0 aromatic heterocycles. The molecule has 19 heavy (non-hydrogen) atoms. The SMILES string of the molecule is CC1CN(CC(=O)NC2CCCCC2)CC1C(=O)O. The van der Waals surface area contributed by atoms with Crippen LogP contribution in [0.1, 0.15) is 39.0 Å². The van der Waals surface area contributed by atoms with Crippen molar-refractivity contribution >= 4 is 11.9 Å². The predicted molar refractivity (Wildman–Crippen MR) is 71.7 cm³/mol. The number of nitrogens with zero attached hydrogens (tertiary/aromatic N) is 1. The summed E-state index contributed by atoms with van der Waals surface area (Å²) in [6.07, 6.45) is 5.84. The van der Waals surface area contributed by atoms with Crippen molar-refractivity contribution in [2.45, 2.75) is 45.1 Å². The lowest BCUT2D eigenvalue weighted by Gasteiger charge is -2.24. The number of aliphatic carboxylic acids is 1. The zero-order valence-electron chi connectivity index (χ0n) is 11.6. The number of carboxylic acid groups (broad SMARTS) is 1. The molecule has 0 radical (unpaired) electrons. The molecule has 0 bridgehead atoms. The third-order valence-corrected chi connectivity index (χ3v) is 4.34. The molecule has 2 atom stereocenters. The molecule has 1 saturated carbocycles. The van der Waals surface area contributed by atoms with Crippen LogP contribution in [0.5, 0.6) is 0 Å². The highest BCUT2D eigenvalue weighted by molar-refractivity contribution is 5.78. The molecule has 2 aliphatic rings. The second-order valence-corrected chi connectivity index (χ2v) is 6.02. The molecule has 1 amide bonds. The fourth-order valence-electron chi connectivity index (χ4n) is 3.24. The number of rotatable bonds is 4. The van der Waals surface area contributed by atoms with Crippen LogP contribution in [0.3, 0.4) is 0 Å². The molecule has 0 aromatic rings. The van der Waals surface area contributed by atoms with E-state index in [1.54, 1.807) is 0 Å². The van der Waals surface area contributed by atoms with Crippen molar-refractivity contribution in [3.8, 4) is 0 Å². The van der Waals surface area contributed by atoms with Gasteiger partial charge in [0.25, 0.3) is 0 Å². The van der Waals surface area contributed by atoms with Crippen LogP contribution in [-0.4, -0.2) is 47.6 Å². The average molecular weight is 268 g/mol. The van der Waals surface area contributed by atoms with Gasteiger partial charge in [-0.25, -0.2) is 0 Å². The molecule has 1 saturated heterocycles. The van der Waals surface area contributed by atoms with Gasteiger partial charge in [-0.15, -0.1) is 0 Å². The van der Waals surface area contributed by atoms with E-state index in [4.69, 9.17) is 5.11 Å². The first kappa shape index (κ1) is 14.3. The van der Waals surface area contributed by atoms with Gasteiger partial charge in [-0.05, 0) is 18.8 Å². The molecule has 5 nitrogen and oxygen atoms in total. The summed E-state index contributed by atoms with van der Waals surface area (Å²) in [5, 5.41) is 12.1. The molecule has 5 heteroatoms. The number of nitrogens with one attached hydrogen (secondary N) is 1. The summed E-state index contributed by atoms with van der Waals surface area (Å²) in [6.45, 7) is 3.48. The van der Waals surface area contributed by atoms with E-state index in [0.29, 0.717) is 25.7 Å². The quantitative estimate of drug-likeness (QED) is 0.800. The predicted octanol–water partition coefficient (Wildman–Crippen LogP) is 1.09. The number of hydrogen-bond acceptors (Lipinski definition) is 3. The van der Waals surface area contributed by atoms with Crippen LogP contribution >= 0.6 is 0 Å². The van der Waals surface area contributed by atoms with E-state index in [1.165, 1.54) is 19.3 Å². The van der Waals surface area contributed by atoms with E-state index >= 15 is 0 Å². The molecule has 2 unspecified atom stereocenters. The van der Waals surface area contributed by atoms with Gasteiger partial charge in [-0.2, -0.15) is 0 Å². The van der Waals surface area contributed by atoms with E-state index in [9.17, 15) is 9.59 Å². The maximum Gasteiger partial charge on any atom is 0.308 e. The Bertz CT molecular complexity index is 340. The lowest BCUT2D eigenvalue weighted by atomic mass is 9.95. The van der Waals surface area contributed by atoms with Gasteiger partial charge >= 0.3 is 5.97 Å². The third kappa shape index (κ3) is 3.93. The van der Waals surface area contributed by atoms with Crippen molar-refractivity contribution in [2.75, 3.05) is 19.6 Å². The Balaban J connectivity index is 1.75. The molecule has 2 N–H and O–H groups in total. The van der Waals surface area contributed by atoms with Crippen LogP contribution in [0.15, 0.2) is 0 Å². The van der Waals surface area contributed by atoms with E-state index < -0.39 is 5.97 Å². The van der Waals surface area contributed by atoms with Gasteiger partial charge in [0.15, 0.2) is 0 Å². The van der Waals surface area contributed by atoms with Gasteiger partial charge in [-0.1, -0.05) is 26.2 Å². The maximum absolute atomic E-state index is 12.0. The number of carbonyl (C=O) groups is 2. The Morgan fingerprint density at radius 2 is 1.89 bits per heavy atom. The summed E-state index contributed by atoms with van der Waals surface area (Å²) >= 11 is 0.